The van der Waals surface area contributed by atoms with E-state index in [0.717, 1.165) is 19.4 Å². The van der Waals surface area contributed by atoms with Gasteiger partial charge in [0.25, 0.3) is 0 Å². The first-order valence-corrected chi connectivity index (χ1v) is 3.34. The summed E-state index contributed by atoms with van der Waals surface area (Å²) >= 11 is 0. The third-order valence-corrected chi connectivity index (χ3v) is 0.806. The summed E-state index contributed by atoms with van der Waals surface area (Å²) in [4.78, 5) is 3.79. The Morgan fingerprint density at radius 1 is 1.45 bits per heavy atom. The summed E-state index contributed by atoms with van der Waals surface area (Å²) < 4.78 is 0. The molecule has 0 spiro atoms. The van der Waals surface area contributed by atoms with E-state index < -0.39 is 0 Å². The average molecular weight is 160 g/mol. The summed E-state index contributed by atoms with van der Waals surface area (Å²) in [6.45, 7) is 2.86. The van der Waals surface area contributed by atoms with Crippen molar-refractivity contribution in [1.82, 2.24) is 0 Å². The van der Waals surface area contributed by atoms with E-state index >= 15 is 0 Å². The lowest BCUT2D eigenvalue weighted by Gasteiger charge is -1.89. The van der Waals surface area contributed by atoms with Gasteiger partial charge in [0, 0.05) is 6.54 Å². The van der Waals surface area contributed by atoms with Gasteiger partial charge in [0.15, 0.2) is 5.96 Å². The normalized spacial score (nSPS) is 7.55. The van der Waals surface area contributed by atoms with Gasteiger partial charge >= 0.3 is 7.69 Å². The molecular formula is C5H15BN3O2. The first-order valence-electron chi connectivity index (χ1n) is 3.34. The predicted octanol–water partition coefficient (Wildman–Crippen LogP) is -1.43. The number of nitrogens with zero attached hydrogens (tertiary/aromatic N) is 1. The second kappa shape index (κ2) is 12.0. The molecule has 0 aromatic heterocycles. The van der Waals surface area contributed by atoms with Crippen LogP contribution < -0.4 is 11.5 Å². The van der Waals surface area contributed by atoms with Crippen molar-refractivity contribution in [1.29, 1.82) is 0 Å². The zero-order valence-electron chi connectivity index (χ0n) is 6.70. The van der Waals surface area contributed by atoms with Crippen LogP contribution in [0.15, 0.2) is 4.99 Å². The molecule has 0 atom stereocenters. The lowest BCUT2D eigenvalue weighted by atomic mass is 10.3. The first-order chi connectivity index (χ1) is 5.18. The molecule has 0 saturated heterocycles. The second-order valence-electron chi connectivity index (χ2n) is 1.78. The van der Waals surface area contributed by atoms with Crippen LogP contribution in [0.25, 0.3) is 0 Å². The number of hydrogen-bond acceptors (Lipinski definition) is 3. The maximum Gasteiger partial charge on any atom is 0.482 e. The van der Waals surface area contributed by atoms with Crippen molar-refractivity contribution in [3.8, 4) is 0 Å². The van der Waals surface area contributed by atoms with Crippen molar-refractivity contribution < 1.29 is 10.0 Å². The van der Waals surface area contributed by atoms with Crippen LogP contribution in [-0.2, 0) is 0 Å². The molecule has 1 radical (unpaired) electrons. The Kier molecular flexibility index (Phi) is 14.0. The maximum atomic E-state index is 7.00. The number of rotatable bonds is 3. The Labute approximate surface area is 67.4 Å². The van der Waals surface area contributed by atoms with Crippen LogP contribution in [0.4, 0.5) is 0 Å². The molecule has 0 bridgehead atoms. The molecule has 0 aromatic rings. The van der Waals surface area contributed by atoms with Gasteiger partial charge in [0.1, 0.15) is 0 Å². The van der Waals surface area contributed by atoms with Crippen molar-refractivity contribution in [2.45, 2.75) is 19.8 Å². The molecule has 5 nitrogen and oxygen atoms in total. The molecule has 0 aliphatic carbocycles. The summed E-state index contributed by atoms with van der Waals surface area (Å²) in [6.07, 6.45) is 2.20. The minimum absolute atomic E-state index is 0. The van der Waals surface area contributed by atoms with Gasteiger partial charge in [-0.1, -0.05) is 13.3 Å². The summed E-state index contributed by atoms with van der Waals surface area (Å²) in [6, 6.07) is 0. The Balaban J connectivity index is 0. The highest BCUT2D eigenvalue weighted by atomic mass is 16.4. The van der Waals surface area contributed by atoms with Gasteiger partial charge in [-0.05, 0) is 6.42 Å². The zero-order valence-corrected chi connectivity index (χ0v) is 6.70. The lowest BCUT2D eigenvalue weighted by Crippen LogP contribution is -2.22. The number of hydrogen-bond donors (Lipinski definition) is 4. The van der Waals surface area contributed by atoms with E-state index in [9.17, 15) is 0 Å². The van der Waals surface area contributed by atoms with Crippen LogP contribution in [0.1, 0.15) is 19.8 Å². The highest BCUT2D eigenvalue weighted by Gasteiger charge is 1.79. The average Bonchev–Trinajstić information content (AvgIpc) is 1.89. The molecule has 6 heteroatoms. The molecular weight excluding hydrogens is 145 g/mol. The van der Waals surface area contributed by atoms with E-state index in [1.807, 2.05) is 0 Å². The molecule has 0 fully saturated rings. The highest BCUT2D eigenvalue weighted by Crippen LogP contribution is 1.84. The fourth-order valence-corrected chi connectivity index (χ4v) is 0.366. The summed E-state index contributed by atoms with van der Waals surface area (Å²) in [5.74, 6) is 0.193. The SMILES string of the molecule is CCCCN=C(N)N.O[B]O. The number of aliphatic imine (C=N–C) groups is 1. The largest absolute Gasteiger partial charge is 0.482 e. The third-order valence-electron chi connectivity index (χ3n) is 0.806. The summed E-state index contributed by atoms with van der Waals surface area (Å²) in [5, 5.41) is 14.0. The highest BCUT2D eigenvalue weighted by molar-refractivity contribution is 6.13. The van der Waals surface area contributed by atoms with E-state index in [0.29, 0.717) is 0 Å². The molecule has 0 aliphatic rings. The van der Waals surface area contributed by atoms with Crippen LogP contribution in [0, 0.1) is 0 Å². The minimum Gasteiger partial charge on any atom is -0.429 e. The fourth-order valence-electron chi connectivity index (χ4n) is 0.366. The summed E-state index contributed by atoms with van der Waals surface area (Å²) in [7, 11) is 0. The van der Waals surface area contributed by atoms with Crippen molar-refractivity contribution in [2.24, 2.45) is 16.5 Å². The molecule has 0 rings (SSSR count). The zero-order chi connectivity index (χ0) is 9.11. The van der Waals surface area contributed by atoms with Crippen molar-refractivity contribution in [3.05, 3.63) is 0 Å². The maximum absolute atomic E-state index is 7.00. The van der Waals surface area contributed by atoms with E-state index in [-0.39, 0.29) is 13.6 Å². The van der Waals surface area contributed by atoms with Crippen molar-refractivity contribution in [3.63, 3.8) is 0 Å². The number of nitrogens with two attached hydrogens (primary N) is 2. The molecule has 0 heterocycles. The second-order valence-corrected chi connectivity index (χ2v) is 1.78. The molecule has 11 heavy (non-hydrogen) atoms. The van der Waals surface area contributed by atoms with Gasteiger partial charge in [0.2, 0.25) is 0 Å². The Morgan fingerprint density at radius 2 is 1.91 bits per heavy atom. The smallest absolute Gasteiger partial charge is 0.429 e. The van der Waals surface area contributed by atoms with E-state index in [2.05, 4.69) is 11.9 Å². The number of unbranched alkanes of at least 4 members (excludes halogenated alkanes) is 1. The Bertz CT molecular complexity index is 95.7. The topological polar surface area (TPSA) is 105 Å². The van der Waals surface area contributed by atoms with Gasteiger partial charge in [-0.2, -0.15) is 0 Å². The first kappa shape index (κ1) is 12.9. The van der Waals surface area contributed by atoms with Gasteiger partial charge in [-0.15, -0.1) is 0 Å². The molecule has 0 aromatic carbocycles. The molecule has 0 aliphatic heterocycles. The number of guanidine groups is 1. The van der Waals surface area contributed by atoms with Crippen LogP contribution in [0.5, 0.6) is 0 Å². The van der Waals surface area contributed by atoms with Crippen molar-refractivity contribution in [2.75, 3.05) is 6.54 Å². The Morgan fingerprint density at radius 3 is 2.18 bits per heavy atom. The Hall–Kier alpha value is -0.745. The van der Waals surface area contributed by atoms with E-state index in [1.165, 1.54) is 0 Å². The minimum atomic E-state index is 0. The monoisotopic (exact) mass is 160 g/mol. The van der Waals surface area contributed by atoms with Crippen LogP contribution >= 0.6 is 0 Å². The van der Waals surface area contributed by atoms with Gasteiger partial charge < -0.3 is 21.5 Å². The lowest BCUT2D eigenvalue weighted by molar-refractivity contribution is 0.448. The van der Waals surface area contributed by atoms with E-state index in [1.54, 1.807) is 0 Å². The predicted molar refractivity (Wildman–Crippen MR) is 45.8 cm³/mol. The van der Waals surface area contributed by atoms with Gasteiger partial charge in [0.05, 0.1) is 0 Å². The van der Waals surface area contributed by atoms with E-state index in [4.69, 9.17) is 21.5 Å². The molecule has 0 amide bonds. The quantitative estimate of drug-likeness (QED) is 0.176. The third kappa shape index (κ3) is 26.9. The molecule has 0 saturated carbocycles. The van der Waals surface area contributed by atoms with Crippen LogP contribution in [0.2, 0.25) is 0 Å². The molecule has 0 unspecified atom stereocenters. The molecule has 65 valence electrons. The fraction of sp³-hybridized carbons (Fsp3) is 0.800. The van der Waals surface area contributed by atoms with Crippen LogP contribution in [-0.4, -0.2) is 30.2 Å². The summed E-state index contributed by atoms with van der Waals surface area (Å²) in [5.41, 5.74) is 10.1. The standard InChI is InChI=1S/C5H13N3.BH2O2/c1-2-3-4-8-5(6)7;2-1-3/h2-4H2,1H3,(H4,6,7,8);2-3H. The van der Waals surface area contributed by atoms with Crippen molar-refractivity contribution >= 4 is 13.6 Å². The van der Waals surface area contributed by atoms with Crippen LogP contribution in [0.3, 0.4) is 0 Å². The molecule has 6 N–H and O–H groups in total. The van der Waals surface area contributed by atoms with Gasteiger partial charge in [-0.3, -0.25) is 4.99 Å². The van der Waals surface area contributed by atoms with Gasteiger partial charge in [-0.25, -0.2) is 0 Å².